The average Bonchev–Trinajstić information content (AvgIpc) is 2.37. The number of benzene rings is 1. The van der Waals surface area contributed by atoms with E-state index in [-0.39, 0.29) is 23.1 Å². The summed E-state index contributed by atoms with van der Waals surface area (Å²) in [4.78, 5) is 21.2. The van der Waals surface area contributed by atoms with Gasteiger partial charge in [0, 0.05) is 12.1 Å². The van der Waals surface area contributed by atoms with E-state index >= 15 is 0 Å². The third-order valence-electron chi connectivity index (χ3n) is 2.23. The van der Waals surface area contributed by atoms with Crippen molar-refractivity contribution in [1.29, 1.82) is 0 Å². The molecule has 0 aromatic heterocycles. The predicted octanol–water partition coefficient (Wildman–Crippen LogP) is 2.97. The van der Waals surface area contributed by atoms with Crippen LogP contribution in [0, 0.1) is 10.1 Å². The zero-order valence-corrected chi connectivity index (χ0v) is 11.2. The van der Waals surface area contributed by atoms with E-state index in [1.165, 1.54) is 18.2 Å². The van der Waals surface area contributed by atoms with Crippen LogP contribution in [0.5, 0.6) is 5.75 Å². The number of halogens is 1. The van der Waals surface area contributed by atoms with E-state index < -0.39 is 10.9 Å². The lowest BCUT2D eigenvalue weighted by atomic mass is 10.3. The lowest BCUT2D eigenvalue weighted by molar-refractivity contribution is -0.384. The van der Waals surface area contributed by atoms with Gasteiger partial charge in [0.05, 0.1) is 16.6 Å². The Hall–Kier alpha value is -1.82. The molecular formula is C12H14ClNO5. The maximum Gasteiger partial charge on any atom is 0.344 e. The normalized spacial score (nSPS) is 10.0. The summed E-state index contributed by atoms with van der Waals surface area (Å²) >= 11 is 5.80. The van der Waals surface area contributed by atoms with Crippen LogP contribution in [-0.4, -0.2) is 24.1 Å². The summed E-state index contributed by atoms with van der Waals surface area (Å²) in [6, 6.07) is 3.77. The van der Waals surface area contributed by atoms with Crippen molar-refractivity contribution in [1.82, 2.24) is 0 Å². The number of ether oxygens (including phenoxy) is 2. The first-order chi connectivity index (χ1) is 9.04. The third kappa shape index (κ3) is 5.13. The molecule has 0 heterocycles. The van der Waals surface area contributed by atoms with Gasteiger partial charge in [-0.05, 0) is 12.5 Å². The molecule has 0 aliphatic carbocycles. The van der Waals surface area contributed by atoms with Crippen LogP contribution >= 0.6 is 11.6 Å². The number of unbranched alkanes of at least 4 members (excludes halogenated alkanes) is 1. The molecule has 0 radical (unpaired) electrons. The van der Waals surface area contributed by atoms with Gasteiger partial charge in [0.2, 0.25) is 0 Å². The first kappa shape index (κ1) is 15.2. The van der Waals surface area contributed by atoms with Crippen molar-refractivity contribution in [3.05, 3.63) is 33.3 Å². The van der Waals surface area contributed by atoms with Crippen LogP contribution in [0.4, 0.5) is 5.69 Å². The highest BCUT2D eigenvalue weighted by molar-refractivity contribution is 6.32. The fraction of sp³-hybridized carbons (Fsp3) is 0.417. The Bertz CT molecular complexity index is 463. The van der Waals surface area contributed by atoms with Crippen molar-refractivity contribution >= 4 is 23.3 Å². The standard InChI is InChI=1S/C12H14ClNO5/c1-2-3-6-18-12(15)8-19-11-5-4-9(14(16)17)7-10(11)13/h4-5,7H,2-3,6,8H2,1H3. The van der Waals surface area contributed by atoms with Crippen LogP contribution in [0.25, 0.3) is 0 Å². The van der Waals surface area contributed by atoms with Gasteiger partial charge in [-0.3, -0.25) is 10.1 Å². The van der Waals surface area contributed by atoms with Crippen LogP contribution < -0.4 is 4.74 Å². The number of nitro groups is 1. The molecule has 0 saturated carbocycles. The zero-order valence-electron chi connectivity index (χ0n) is 10.4. The van der Waals surface area contributed by atoms with Crippen molar-refractivity contribution in [3.63, 3.8) is 0 Å². The Morgan fingerprint density at radius 2 is 2.21 bits per heavy atom. The lowest BCUT2D eigenvalue weighted by Crippen LogP contribution is -2.15. The van der Waals surface area contributed by atoms with Gasteiger partial charge >= 0.3 is 5.97 Å². The average molecular weight is 288 g/mol. The number of nitro benzene ring substituents is 1. The summed E-state index contributed by atoms with van der Waals surface area (Å²) in [7, 11) is 0. The van der Waals surface area contributed by atoms with E-state index in [0.29, 0.717) is 6.61 Å². The molecule has 0 aliphatic rings. The van der Waals surface area contributed by atoms with E-state index in [1.807, 2.05) is 6.92 Å². The zero-order chi connectivity index (χ0) is 14.3. The molecule has 6 nitrogen and oxygen atoms in total. The fourth-order valence-corrected chi connectivity index (χ4v) is 1.46. The van der Waals surface area contributed by atoms with Crippen LogP contribution in [0.3, 0.4) is 0 Å². The van der Waals surface area contributed by atoms with Gasteiger partial charge in [0.25, 0.3) is 5.69 Å². The molecule has 0 amide bonds. The Morgan fingerprint density at radius 1 is 1.47 bits per heavy atom. The molecule has 0 N–H and O–H groups in total. The molecule has 0 saturated heterocycles. The molecule has 0 fully saturated rings. The van der Waals surface area contributed by atoms with Gasteiger partial charge in [-0.15, -0.1) is 0 Å². The van der Waals surface area contributed by atoms with Crippen molar-refractivity contribution < 1.29 is 19.2 Å². The summed E-state index contributed by atoms with van der Waals surface area (Å²) < 4.78 is 10.0. The predicted molar refractivity (Wildman–Crippen MR) is 69.5 cm³/mol. The number of carbonyl (C=O) groups excluding carboxylic acids is 1. The second kappa shape index (κ2) is 7.58. The molecule has 0 unspecified atom stereocenters. The summed E-state index contributed by atoms with van der Waals surface area (Å²) in [5.74, 6) is -0.289. The highest BCUT2D eigenvalue weighted by atomic mass is 35.5. The number of rotatable bonds is 7. The van der Waals surface area contributed by atoms with Gasteiger partial charge in [-0.2, -0.15) is 0 Å². The fourth-order valence-electron chi connectivity index (χ4n) is 1.23. The SMILES string of the molecule is CCCCOC(=O)COc1ccc([N+](=O)[O-])cc1Cl. The van der Waals surface area contributed by atoms with Crippen molar-refractivity contribution in [2.24, 2.45) is 0 Å². The van der Waals surface area contributed by atoms with Crippen molar-refractivity contribution in [3.8, 4) is 5.75 Å². The largest absolute Gasteiger partial charge is 0.480 e. The summed E-state index contributed by atoms with van der Waals surface area (Å²) in [6.45, 7) is 2.06. The highest BCUT2D eigenvalue weighted by Gasteiger charge is 2.11. The first-order valence-electron chi connectivity index (χ1n) is 5.77. The highest BCUT2D eigenvalue weighted by Crippen LogP contribution is 2.28. The first-order valence-corrected chi connectivity index (χ1v) is 6.14. The second-order valence-electron chi connectivity index (χ2n) is 3.73. The molecule has 1 aromatic carbocycles. The molecule has 104 valence electrons. The van der Waals surface area contributed by atoms with Crippen LogP contribution in [0.1, 0.15) is 19.8 Å². The molecule has 0 spiro atoms. The number of hydrogen-bond acceptors (Lipinski definition) is 5. The van der Waals surface area contributed by atoms with Gasteiger partial charge < -0.3 is 9.47 Å². The lowest BCUT2D eigenvalue weighted by Gasteiger charge is -2.07. The topological polar surface area (TPSA) is 78.7 Å². The van der Waals surface area contributed by atoms with Crippen LogP contribution in [-0.2, 0) is 9.53 Å². The summed E-state index contributed by atoms with van der Waals surface area (Å²) in [6.07, 6.45) is 1.73. The molecular weight excluding hydrogens is 274 g/mol. The maximum absolute atomic E-state index is 11.3. The van der Waals surface area contributed by atoms with Gasteiger partial charge in [-0.1, -0.05) is 24.9 Å². The third-order valence-corrected chi connectivity index (χ3v) is 2.53. The number of nitrogens with zero attached hydrogens (tertiary/aromatic N) is 1. The molecule has 1 rings (SSSR count). The molecule has 1 aromatic rings. The van der Waals surface area contributed by atoms with E-state index in [2.05, 4.69) is 0 Å². The molecule has 7 heteroatoms. The van der Waals surface area contributed by atoms with Gasteiger partial charge in [-0.25, -0.2) is 4.79 Å². The Morgan fingerprint density at radius 3 is 2.79 bits per heavy atom. The Labute approximate surface area is 115 Å². The molecule has 0 atom stereocenters. The minimum Gasteiger partial charge on any atom is -0.480 e. The summed E-state index contributed by atoms with van der Waals surface area (Å²) in [5.41, 5.74) is -0.136. The minimum atomic E-state index is -0.561. The Kier molecular flexibility index (Phi) is 6.08. The quantitative estimate of drug-likeness (QED) is 0.333. The summed E-state index contributed by atoms with van der Waals surface area (Å²) in [5, 5.41) is 10.6. The van der Waals surface area contributed by atoms with Crippen molar-refractivity contribution in [2.75, 3.05) is 13.2 Å². The van der Waals surface area contributed by atoms with Crippen LogP contribution in [0.15, 0.2) is 18.2 Å². The van der Waals surface area contributed by atoms with E-state index in [0.717, 1.165) is 12.8 Å². The number of esters is 1. The van der Waals surface area contributed by atoms with Gasteiger partial charge in [0.1, 0.15) is 5.75 Å². The molecule has 0 aliphatic heterocycles. The van der Waals surface area contributed by atoms with E-state index in [1.54, 1.807) is 0 Å². The number of hydrogen-bond donors (Lipinski definition) is 0. The monoisotopic (exact) mass is 287 g/mol. The van der Waals surface area contributed by atoms with E-state index in [4.69, 9.17) is 21.1 Å². The smallest absolute Gasteiger partial charge is 0.344 e. The second-order valence-corrected chi connectivity index (χ2v) is 4.14. The van der Waals surface area contributed by atoms with Gasteiger partial charge in [0.15, 0.2) is 6.61 Å². The minimum absolute atomic E-state index is 0.0792. The maximum atomic E-state index is 11.3. The number of carbonyl (C=O) groups is 1. The van der Waals surface area contributed by atoms with Crippen LogP contribution in [0.2, 0.25) is 5.02 Å². The number of non-ortho nitro benzene ring substituents is 1. The van der Waals surface area contributed by atoms with Crippen molar-refractivity contribution in [2.45, 2.75) is 19.8 Å². The Balaban J connectivity index is 2.49. The van der Waals surface area contributed by atoms with E-state index in [9.17, 15) is 14.9 Å². The molecule has 0 bridgehead atoms. The molecule has 19 heavy (non-hydrogen) atoms.